The van der Waals surface area contributed by atoms with Gasteiger partial charge in [-0.25, -0.2) is 0 Å². The third-order valence-electron chi connectivity index (χ3n) is 5.54. The van der Waals surface area contributed by atoms with Gasteiger partial charge in [-0.15, -0.1) is 82.2 Å². The Kier molecular flexibility index (Phi) is 9.55. The second kappa shape index (κ2) is 11.7. The predicted octanol–water partition coefficient (Wildman–Crippen LogP) is 1.32. The average Bonchev–Trinajstić information content (AvgIpc) is 3.53. The number of aryl methyl sites for hydroxylation is 2. The summed E-state index contributed by atoms with van der Waals surface area (Å²) in [4.78, 5) is 0. The fourth-order valence-corrected chi connectivity index (χ4v) is 4.08. The zero-order valence-electron chi connectivity index (χ0n) is 18.5. The topological polar surface area (TPSA) is 9.86 Å². The van der Waals surface area contributed by atoms with Gasteiger partial charge in [-0.05, 0) is 49.0 Å². The number of nitrogens with zero attached hydrogens (tertiary/aromatic N) is 2. The molecule has 0 atom stereocenters. The summed E-state index contributed by atoms with van der Waals surface area (Å²) >= 11 is 0. The van der Waals surface area contributed by atoms with Gasteiger partial charge in [0, 0.05) is 24.3 Å². The molecular formula is C28H24Cl2N2Zr. The van der Waals surface area contributed by atoms with E-state index in [4.69, 9.17) is 0 Å². The maximum Gasteiger partial charge on any atom is 4.00 e. The number of fused-ring (bicyclic) bond motifs is 2. The molecule has 0 spiro atoms. The first-order valence-corrected chi connectivity index (χ1v) is 10.3. The SMILES string of the molecule is Cc1cc(C)n(-c2cc3ccccc3[cH-]2)c1.[Cl-].[Cl-].[Zr+4].c1ccc2[cH-]c(-n3cccc3)cc2c1. The molecule has 0 unspecified atom stereocenters. The molecule has 0 radical (unpaired) electrons. The molecule has 4 aromatic carbocycles. The number of hydrogen-bond donors (Lipinski definition) is 0. The minimum Gasteiger partial charge on any atom is -1.00 e. The van der Waals surface area contributed by atoms with E-state index in [2.05, 4.69) is 120 Å². The molecule has 2 heterocycles. The molecule has 164 valence electrons. The van der Waals surface area contributed by atoms with Crippen molar-refractivity contribution < 1.29 is 51.0 Å². The molecule has 0 saturated carbocycles. The van der Waals surface area contributed by atoms with E-state index < -0.39 is 0 Å². The molecule has 33 heavy (non-hydrogen) atoms. The van der Waals surface area contributed by atoms with Crippen molar-refractivity contribution in [1.82, 2.24) is 9.13 Å². The van der Waals surface area contributed by atoms with Gasteiger partial charge in [0.15, 0.2) is 0 Å². The molecule has 0 aliphatic carbocycles. The predicted molar refractivity (Wildman–Crippen MR) is 127 cm³/mol. The molecule has 0 amide bonds. The maximum absolute atomic E-state index is 2.25. The van der Waals surface area contributed by atoms with Crippen LogP contribution in [-0.2, 0) is 26.2 Å². The Bertz CT molecular complexity index is 1350. The Morgan fingerprint density at radius 2 is 1.15 bits per heavy atom. The molecular weight excluding hydrogens is 526 g/mol. The van der Waals surface area contributed by atoms with E-state index in [1.165, 1.54) is 44.2 Å². The molecule has 2 nitrogen and oxygen atoms in total. The summed E-state index contributed by atoms with van der Waals surface area (Å²) < 4.78 is 4.37. The summed E-state index contributed by atoms with van der Waals surface area (Å²) in [6.07, 6.45) is 6.31. The standard InChI is InChI=1S/C15H14N.C13H10N.2ClH.Zr/c1-11-7-12(2)16(10-11)15-8-13-5-3-4-6-14(13)9-15;1-2-6-12-10-13(9-11(12)5-1)14-7-3-4-8-14;;;/h3-10H,1-2H3;1-10H;2*1H;/q2*-1;;;+4/p-2. The number of halogens is 2. The number of aromatic nitrogens is 2. The summed E-state index contributed by atoms with van der Waals surface area (Å²) in [5.41, 5.74) is 5.08. The second-order valence-corrected chi connectivity index (χ2v) is 7.80. The Labute approximate surface area is 226 Å². The van der Waals surface area contributed by atoms with Crippen LogP contribution in [0.5, 0.6) is 0 Å². The zero-order valence-corrected chi connectivity index (χ0v) is 22.5. The van der Waals surface area contributed by atoms with E-state index in [1.54, 1.807) is 0 Å². The van der Waals surface area contributed by atoms with Crippen molar-refractivity contribution >= 4 is 21.5 Å². The van der Waals surface area contributed by atoms with Crippen LogP contribution in [0.4, 0.5) is 0 Å². The van der Waals surface area contributed by atoms with Crippen LogP contribution in [0.3, 0.4) is 0 Å². The minimum atomic E-state index is 0. The van der Waals surface area contributed by atoms with Gasteiger partial charge in [0.2, 0.25) is 0 Å². The van der Waals surface area contributed by atoms with Gasteiger partial charge in [-0.3, -0.25) is 0 Å². The normalized spacial score (nSPS) is 10.0. The van der Waals surface area contributed by atoms with E-state index in [0.29, 0.717) is 0 Å². The van der Waals surface area contributed by atoms with Crippen LogP contribution < -0.4 is 24.8 Å². The summed E-state index contributed by atoms with van der Waals surface area (Å²) in [5, 5.41) is 5.22. The van der Waals surface area contributed by atoms with Crippen molar-refractivity contribution in [1.29, 1.82) is 0 Å². The molecule has 0 aliphatic rings. The van der Waals surface area contributed by atoms with E-state index in [-0.39, 0.29) is 51.0 Å². The first-order chi connectivity index (χ1) is 14.7. The summed E-state index contributed by atoms with van der Waals surface area (Å²) in [7, 11) is 0. The molecule has 2 aromatic heterocycles. The van der Waals surface area contributed by atoms with Crippen LogP contribution in [0.2, 0.25) is 0 Å². The number of rotatable bonds is 2. The van der Waals surface area contributed by atoms with Gasteiger partial charge in [0.05, 0.1) is 0 Å². The van der Waals surface area contributed by atoms with Crippen molar-refractivity contribution in [2.24, 2.45) is 0 Å². The maximum atomic E-state index is 2.25. The zero-order chi connectivity index (χ0) is 20.5. The van der Waals surface area contributed by atoms with Gasteiger partial charge in [-0.1, -0.05) is 12.1 Å². The van der Waals surface area contributed by atoms with E-state index in [0.717, 1.165) is 0 Å². The quantitative estimate of drug-likeness (QED) is 0.288. The summed E-state index contributed by atoms with van der Waals surface area (Å²) in [5.74, 6) is 0. The molecule has 5 heteroatoms. The fraction of sp³-hybridized carbons (Fsp3) is 0.0714. The smallest absolute Gasteiger partial charge is 1.00 e. The van der Waals surface area contributed by atoms with Crippen LogP contribution in [0.15, 0.2) is 110 Å². The van der Waals surface area contributed by atoms with Crippen molar-refractivity contribution in [2.75, 3.05) is 0 Å². The van der Waals surface area contributed by atoms with Gasteiger partial charge in [-0.2, -0.15) is 0 Å². The Morgan fingerprint density at radius 3 is 1.67 bits per heavy atom. The molecule has 0 saturated heterocycles. The molecule has 0 bridgehead atoms. The first kappa shape index (κ1) is 26.9. The van der Waals surface area contributed by atoms with Crippen LogP contribution in [0.25, 0.3) is 32.9 Å². The monoisotopic (exact) mass is 548 g/mol. The van der Waals surface area contributed by atoms with Crippen molar-refractivity contribution in [3.05, 3.63) is 121 Å². The molecule has 0 fully saturated rings. The van der Waals surface area contributed by atoms with E-state index in [9.17, 15) is 0 Å². The third-order valence-corrected chi connectivity index (χ3v) is 5.54. The molecule has 6 aromatic rings. The summed E-state index contributed by atoms with van der Waals surface area (Å²) in [6, 6.07) is 32.1. The van der Waals surface area contributed by atoms with Crippen molar-refractivity contribution in [2.45, 2.75) is 13.8 Å². The Balaban J connectivity index is 0.000000215. The van der Waals surface area contributed by atoms with Crippen LogP contribution in [-0.4, -0.2) is 9.13 Å². The number of benzene rings is 2. The van der Waals surface area contributed by atoms with Crippen molar-refractivity contribution in [3.63, 3.8) is 0 Å². The van der Waals surface area contributed by atoms with Gasteiger partial charge < -0.3 is 33.9 Å². The van der Waals surface area contributed by atoms with Crippen LogP contribution in [0.1, 0.15) is 11.3 Å². The summed E-state index contributed by atoms with van der Waals surface area (Å²) in [6.45, 7) is 4.27. The van der Waals surface area contributed by atoms with E-state index in [1.807, 2.05) is 12.1 Å². The fourth-order valence-electron chi connectivity index (χ4n) is 4.08. The van der Waals surface area contributed by atoms with Crippen molar-refractivity contribution in [3.8, 4) is 11.4 Å². The Morgan fingerprint density at radius 1 is 0.636 bits per heavy atom. The van der Waals surface area contributed by atoms with Crippen LogP contribution in [0, 0.1) is 13.8 Å². The molecule has 0 aliphatic heterocycles. The van der Waals surface area contributed by atoms with E-state index >= 15 is 0 Å². The second-order valence-electron chi connectivity index (χ2n) is 7.80. The third kappa shape index (κ3) is 5.79. The molecule has 0 N–H and O–H groups in total. The van der Waals surface area contributed by atoms with Crippen LogP contribution >= 0.6 is 0 Å². The first-order valence-electron chi connectivity index (χ1n) is 10.3. The number of hydrogen-bond acceptors (Lipinski definition) is 0. The average molecular weight is 551 g/mol. The minimum absolute atomic E-state index is 0. The Hall–Kier alpha value is -2.32. The van der Waals surface area contributed by atoms with Gasteiger partial charge >= 0.3 is 26.2 Å². The van der Waals surface area contributed by atoms with Gasteiger partial charge in [0.1, 0.15) is 0 Å². The molecule has 6 rings (SSSR count). The van der Waals surface area contributed by atoms with Gasteiger partial charge in [0.25, 0.3) is 0 Å². The largest absolute Gasteiger partial charge is 4.00 e.